The Morgan fingerprint density at radius 2 is 2.10 bits per heavy atom. The third-order valence-electron chi connectivity index (χ3n) is 5.33. The second-order valence-corrected chi connectivity index (χ2v) is 10.2. The zero-order valence-electron chi connectivity index (χ0n) is 16.6. The molecule has 1 aliphatic heterocycles. The highest BCUT2D eigenvalue weighted by atomic mass is 32.2. The van der Waals surface area contributed by atoms with Crippen LogP contribution in [0.4, 0.5) is 5.82 Å². The minimum Gasteiger partial charge on any atom is -0.354 e. The highest BCUT2D eigenvalue weighted by Crippen LogP contribution is 2.28. The van der Waals surface area contributed by atoms with Gasteiger partial charge in [0.2, 0.25) is 15.5 Å². The van der Waals surface area contributed by atoms with Crippen LogP contribution in [0.15, 0.2) is 39.6 Å². The van der Waals surface area contributed by atoms with Gasteiger partial charge in [-0.15, -0.1) is 11.3 Å². The summed E-state index contributed by atoms with van der Waals surface area (Å²) in [7, 11) is -1.09. The second-order valence-electron chi connectivity index (χ2n) is 7.23. The van der Waals surface area contributed by atoms with Crippen LogP contribution in [0.5, 0.6) is 0 Å². The van der Waals surface area contributed by atoms with Crippen molar-refractivity contribution in [2.75, 3.05) is 25.5 Å². The van der Waals surface area contributed by atoms with Crippen LogP contribution in [0, 0.1) is 0 Å². The number of anilines is 1. The van der Waals surface area contributed by atoms with Gasteiger partial charge in [0.15, 0.2) is 10.8 Å². The van der Waals surface area contributed by atoms with E-state index in [2.05, 4.69) is 16.8 Å². The van der Waals surface area contributed by atoms with Crippen LogP contribution in [0.3, 0.4) is 0 Å². The van der Waals surface area contributed by atoms with Crippen molar-refractivity contribution in [3.05, 3.63) is 40.1 Å². The summed E-state index contributed by atoms with van der Waals surface area (Å²) in [5.41, 5.74) is -0.129. The largest absolute Gasteiger partial charge is 0.354 e. The molecule has 1 fully saturated rings. The Kier molecular flexibility index (Phi) is 5.18. The third-order valence-corrected chi connectivity index (χ3v) is 7.91. The summed E-state index contributed by atoms with van der Waals surface area (Å²) in [6.07, 6.45) is 6.24. The molecule has 154 valence electrons. The van der Waals surface area contributed by atoms with Crippen LogP contribution in [0.25, 0.3) is 16.2 Å². The maximum absolute atomic E-state index is 13.1. The Hall–Kier alpha value is -2.30. The van der Waals surface area contributed by atoms with Crippen molar-refractivity contribution in [3.8, 4) is 5.13 Å². The Bertz CT molecular complexity index is 1200. The predicted molar refractivity (Wildman–Crippen MR) is 115 cm³/mol. The summed E-state index contributed by atoms with van der Waals surface area (Å²) in [6.45, 7) is 3.08. The van der Waals surface area contributed by atoms with Gasteiger partial charge in [0.1, 0.15) is 10.7 Å². The van der Waals surface area contributed by atoms with Crippen molar-refractivity contribution in [2.24, 2.45) is 0 Å². The fourth-order valence-corrected chi connectivity index (χ4v) is 5.35. The van der Waals surface area contributed by atoms with Crippen molar-refractivity contribution in [3.63, 3.8) is 0 Å². The lowest BCUT2D eigenvalue weighted by molar-refractivity contribution is 0.519. The number of thiazole rings is 1. The molecule has 0 bridgehead atoms. The summed E-state index contributed by atoms with van der Waals surface area (Å²) in [5, 5.41) is 2.62. The molecule has 0 unspecified atom stereocenters. The molecule has 0 N–H and O–H groups in total. The lowest BCUT2D eigenvalue weighted by Gasteiger charge is -2.25. The van der Waals surface area contributed by atoms with E-state index in [1.807, 2.05) is 6.07 Å². The molecule has 0 spiro atoms. The average Bonchev–Trinajstić information content (AvgIpc) is 3.39. The first-order chi connectivity index (χ1) is 13.8. The molecule has 29 heavy (non-hydrogen) atoms. The lowest BCUT2D eigenvalue weighted by atomic mass is 10.1. The highest BCUT2D eigenvalue weighted by molar-refractivity contribution is 7.89. The molecule has 4 rings (SSSR count). The molecule has 0 aromatic carbocycles. The van der Waals surface area contributed by atoms with Gasteiger partial charge < -0.3 is 4.90 Å². The van der Waals surface area contributed by atoms with Crippen molar-refractivity contribution in [1.29, 1.82) is 0 Å². The number of aromatic nitrogens is 3. The van der Waals surface area contributed by atoms with Gasteiger partial charge in [-0.3, -0.25) is 9.36 Å². The van der Waals surface area contributed by atoms with Crippen LogP contribution < -0.4 is 10.3 Å². The van der Waals surface area contributed by atoms with Crippen LogP contribution >= 0.6 is 11.3 Å². The van der Waals surface area contributed by atoms with Crippen molar-refractivity contribution >= 4 is 38.2 Å². The fraction of sp³-hybridized carbons (Fsp3) is 0.421. The maximum atomic E-state index is 13.1. The minimum absolute atomic E-state index is 0.263. The number of nitrogens with zero attached hydrogens (tertiary/aromatic N) is 5. The van der Waals surface area contributed by atoms with E-state index in [4.69, 9.17) is 4.98 Å². The van der Waals surface area contributed by atoms with Crippen molar-refractivity contribution in [1.82, 2.24) is 18.8 Å². The van der Waals surface area contributed by atoms with Crippen LogP contribution in [-0.4, -0.2) is 53.9 Å². The fourth-order valence-electron chi connectivity index (χ4n) is 3.75. The van der Waals surface area contributed by atoms with E-state index in [1.165, 1.54) is 31.6 Å². The minimum atomic E-state index is -3.91. The molecule has 1 atom stereocenters. The second kappa shape index (κ2) is 7.51. The number of hydrogen-bond donors (Lipinski definition) is 0. The molecule has 3 aromatic rings. The Morgan fingerprint density at radius 3 is 2.76 bits per heavy atom. The summed E-state index contributed by atoms with van der Waals surface area (Å²) in [5.74, 6) is 0.801. The van der Waals surface area contributed by atoms with E-state index < -0.39 is 15.5 Å². The molecule has 1 aliphatic rings. The number of hydrogen-bond acceptors (Lipinski definition) is 7. The number of rotatable bonds is 5. The van der Waals surface area contributed by atoms with E-state index in [1.54, 1.807) is 22.2 Å². The van der Waals surface area contributed by atoms with Crippen LogP contribution in [0.2, 0.25) is 0 Å². The lowest BCUT2D eigenvalue weighted by Crippen LogP contribution is -2.30. The summed E-state index contributed by atoms with van der Waals surface area (Å²) in [6, 6.07) is 3.92. The van der Waals surface area contributed by atoms with Gasteiger partial charge in [-0.25, -0.2) is 22.7 Å². The maximum Gasteiger partial charge on any atom is 0.247 e. The molecule has 0 aliphatic carbocycles. The molecule has 0 amide bonds. The van der Waals surface area contributed by atoms with Crippen LogP contribution in [-0.2, 0) is 10.0 Å². The molecular weight excluding hydrogens is 410 g/mol. The van der Waals surface area contributed by atoms with Crippen LogP contribution in [0.1, 0.15) is 26.2 Å². The van der Waals surface area contributed by atoms with E-state index in [-0.39, 0.29) is 10.3 Å². The average molecular weight is 434 g/mol. The smallest absolute Gasteiger partial charge is 0.247 e. The van der Waals surface area contributed by atoms with Crippen molar-refractivity contribution in [2.45, 2.75) is 37.1 Å². The zero-order chi connectivity index (χ0) is 20.8. The predicted octanol–water partition coefficient (Wildman–Crippen LogP) is 2.47. The van der Waals surface area contributed by atoms with Gasteiger partial charge in [0, 0.05) is 44.5 Å². The van der Waals surface area contributed by atoms with E-state index in [9.17, 15) is 13.2 Å². The molecular formula is C19H23N5O3S2. The Morgan fingerprint density at radius 1 is 1.31 bits per heavy atom. The SMILES string of the molecule is CC[C@@H]1CCCN1c1ccc2c(=O)c(S(=O)(=O)N(C)C)cn(-c3nccs3)c2n1. The molecule has 0 saturated carbocycles. The Balaban J connectivity index is 2.00. The first kappa shape index (κ1) is 20.0. The summed E-state index contributed by atoms with van der Waals surface area (Å²) < 4.78 is 28.1. The molecule has 4 heterocycles. The number of pyridine rings is 2. The van der Waals surface area contributed by atoms with E-state index >= 15 is 0 Å². The third kappa shape index (κ3) is 3.34. The van der Waals surface area contributed by atoms with Gasteiger partial charge >= 0.3 is 0 Å². The first-order valence-electron chi connectivity index (χ1n) is 9.50. The number of sulfonamides is 1. The topological polar surface area (TPSA) is 88.4 Å². The highest BCUT2D eigenvalue weighted by Gasteiger charge is 2.27. The van der Waals surface area contributed by atoms with Gasteiger partial charge in [-0.05, 0) is 31.4 Å². The molecule has 8 nitrogen and oxygen atoms in total. The Labute approximate surface area is 173 Å². The van der Waals surface area contributed by atoms with Crippen molar-refractivity contribution < 1.29 is 8.42 Å². The summed E-state index contributed by atoms with van der Waals surface area (Å²) >= 11 is 1.36. The molecule has 3 aromatic heterocycles. The normalized spacial score (nSPS) is 17.5. The van der Waals surface area contributed by atoms with Gasteiger partial charge in [-0.1, -0.05) is 6.92 Å². The van der Waals surface area contributed by atoms with Gasteiger partial charge in [0.05, 0.1) is 5.39 Å². The standard InChI is InChI=1S/C19H23N5O3S2/c1-4-13-6-5-10-23(13)16-8-7-14-17(25)15(29(26,27)22(2)3)12-24(18(14)21-16)19-20-9-11-28-19/h7-9,11-13H,4-6,10H2,1-3H3/t13-/m1/s1. The molecule has 10 heteroatoms. The first-order valence-corrected chi connectivity index (χ1v) is 11.8. The van der Waals surface area contributed by atoms with E-state index in [0.717, 1.165) is 35.9 Å². The van der Waals surface area contributed by atoms with Gasteiger partial charge in [0.25, 0.3) is 0 Å². The van der Waals surface area contributed by atoms with Gasteiger partial charge in [-0.2, -0.15) is 0 Å². The van der Waals surface area contributed by atoms with E-state index in [0.29, 0.717) is 16.8 Å². The molecule has 1 saturated heterocycles. The summed E-state index contributed by atoms with van der Waals surface area (Å²) in [4.78, 5) is 24.1. The zero-order valence-corrected chi connectivity index (χ0v) is 18.2. The molecule has 0 radical (unpaired) electrons. The monoisotopic (exact) mass is 433 g/mol. The number of fused-ring (bicyclic) bond motifs is 1. The quantitative estimate of drug-likeness (QED) is 0.614.